The normalized spacial score (nSPS) is 12.0. The van der Waals surface area contributed by atoms with Gasteiger partial charge in [-0.05, 0) is 42.2 Å². The predicted octanol–water partition coefficient (Wildman–Crippen LogP) is 4.56. The van der Waals surface area contributed by atoms with Crippen molar-refractivity contribution < 1.29 is 0 Å². The van der Waals surface area contributed by atoms with Crippen molar-refractivity contribution in [1.82, 2.24) is 35.1 Å². The van der Waals surface area contributed by atoms with E-state index in [-0.39, 0.29) is 5.56 Å². The van der Waals surface area contributed by atoms with Crippen LogP contribution in [0.1, 0.15) is 60.7 Å². The summed E-state index contributed by atoms with van der Waals surface area (Å²) in [6.45, 7) is 10.3. The third-order valence-corrected chi connectivity index (χ3v) is 6.69. The topological polar surface area (TPSA) is 92.6 Å². The number of benzene rings is 1. The number of likely N-dealkylation sites (N-methyl/N-ethyl adjacent to an activating group) is 1. The lowest BCUT2D eigenvalue weighted by molar-refractivity contribution is 0.610. The van der Waals surface area contributed by atoms with Crippen molar-refractivity contribution in [2.75, 3.05) is 14.1 Å². The highest BCUT2D eigenvalue weighted by Crippen LogP contribution is 2.29. The number of aromatic nitrogens is 6. The molecule has 0 unspecified atom stereocenters. The van der Waals surface area contributed by atoms with Crippen LogP contribution in [0, 0.1) is 6.92 Å². The number of rotatable bonds is 11. The molecular weight excluding hydrogens is 482 g/mol. The molecule has 9 heteroatoms. The van der Waals surface area contributed by atoms with Gasteiger partial charge in [-0.3, -0.25) is 9.36 Å². The first-order chi connectivity index (χ1) is 17.8. The molecule has 0 aliphatic heterocycles. The zero-order chi connectivity index (χ0) is 26.9. The van der Waals surface area contributed by atoms with Crippen molar-refractivity contribution in [2.45, 2.75) is 53.0 Å². The molecule has 0 aliphatic carbocycles. The first-order valence-electron chi connectivity index (χ1n) is 12.4. The summed E-state index contributed by atoms with van der Waals surface area (Å²) in [7, 11) is 3.79. The fourth-order valence-electron chi connectivity index (χ4n) is 4.09. The number of aromatic amines is 1. The third-order valence-electron chi connectivity index (χ3n) is 6.18. The Kier molecular flexibility index (Phi) is 9.79. The van der Waals surface area contributed by atoms with Gasteiger partial charge in [-0.15, -0.1) is 10.2 Å². The minimum atomic E-state index is -0.0191. The summed E-state index contributed by atoms with van der Waals surface area (Å²) in [5.41, 5.74) is 5.20. The van der Waals surface area contributed by atoms with Crippen LogP contribution in [0.5, 0.6) is 0 Å². The minimum Gasteiger partial charge on any atom is -0.372 e. The van der Waals surface area contributed by atoms with Crippen molar-refractivity contribution in [1.29, 1.82) is 0 Å². The number of H-pyrrole nitrogens is 1. The minimum absolute atomic E-state index is 0.0191. The van der Waals surface area contributed by atoms with Gasteiger partial charge in [-0.1, -0.05) is 74.6 Å². The number of hydrogen-bond donors (Lipinski definition) is 1. The maximum absolute atomic E-state index is 13.6. The molecule has 37 heavy (non-hydrogen) atoms. The molecule has 8 nitrogen and oxygen atoms in total. The first-order valence-corrected chi connectivity index (χ1v) is 12.8. The molecular formula is C28H35N7OS. The van der Waals surface area contributed by atoms with Crippen LogP contribution in [0.15, 0.2) is 53.9 Å². The Morgan fingerprint density at radius 2 is 1.95 bits per heavy atom. The standard InChI is InChI=1S/C28H35N7OS/c1-7-10-12-25-29-19(4)24(17-26(37)34(5)6)28(36)35(25)18-20-13-15-21(16-14-20)22(9-3)23(11-8-2)27-30-32-33-31-27/h8-9,11,13-16H,2,7,10,12,17-18H2,1,3-6H3,(H,30,31,32,33)/b22-9-,23-11+. The second-order valence-corrected chi connectivity index (χ2v) is 9.47. The summed E-state index contributed by atoms with van der Waals surface area (Å²) in [5, 5.41) is 14.5. The number of allylic oxidation sites excluding steroid dienone is 5. The maximum Gasteiger partial charge on any atom is 0.257 e. The van der Waals surface area contributed by atoms with Crippen LogP contribution >= 0.6 is 12.2 Å². The molecule has 0 bridgehead atoms. The molecule has 0 atom stereocenters. The van der Waals surface area contributed by atoms with Gasteiger partial charge in [0.1, 0.15) is 5.82 Å². The largest absolute Gasteiger partial charge is 0.372 e. The quantitative estimate of drug-likeness (QED) is 0.294. The highest BCUT2D eigenvalue weighted by Gasteiger charge is 2.17. The Bertz CT molecular complexity index is 1350. The van der Waals surface area contributed by atoms with Gasteiger partial charge in [0.25, 0.3) is 5.56 Å². The molecule has 1 aromatic carbocycles. The van der Waals surface area contributed by atoms with Crippen molar-refractivity contribution in [2.24, 2.45) is 0 Å². The van der Waals surface area contributed by atoms with Crippen LogP contribution in [0.4, 0.5) is 0 Å². The van der Waals surface area contributed by atoms with E-state index in [2.05, 4.69) is 34.1 Å². The van der Waals surface area contributed by atoms with Crippen LogP contribution in [0.25, 0.3) is 11.1 Å². The van der Waals surface area contributed by atoms with Crippen molar-refractivity contribution in [3.8, 4) is 0 Å². The zero-order valence-corrected chi connectivity index (χ0v) is 23.1. The van der Waals surface area contributed by atoms with Gasteiger partial charge >= 0.3 is 0 Å². The summed E-state index contributed by atoms with van der Waals surface area (Å²) in [6.07, 6.45) is 8.75. The number of nitrogens with zero attached hydrogens (tertiary/aromatic N) is 6. The molecule has 0 amide bonds. The van der Waals surface area contributed by atoms with Gasteiger partial charge in [-0.25, -0.2) is 4.98 Å². The van der Waals surface area contributed by atoms with Gasteiger partial charge in [0.15, 0.2) is 0 Å². The first kappa shape index (κ1) is 27.9. The van der Waals surface area contributed by atoms with E-state index in [9.17, 15) is 4.79 Å². The van der Waals surface area contributed by atoms with Crippen molar-refractivity contribution in [3.63, 3.8) is 0 Å². The summed E-state index contributed by atoms with van der Waals surface area (Å²) in [4.78, 5) is 21.1. The van der Waals surface area contributed by atoms with E-state index in [0.29, 0.717) is 29.3 Å². The van der Waals surface area contributed by atoms with Gasteiger partial charge in [0.05, 0.1) is 11.5 Å². The molecule has 0 spiro atoms. The van der Waals surface area contributed by atoms with Crippen LogP contribution < -0.4 is 5.56 Å². The average Bonchev–Trinajstić information content (AvgIpc) is 3.42. The van der Waals surface area contributed by atoms with Gasteiger partial charge in [0.2, 0.25) is 5.82 Å². The van der Waals surface area contributed by atoms with E-state index in [1.807, 2.05) is 73.8 Å². The zero-order valence-electron chi connectivity index (χ0n) is 22.3. The number of hydrogen-bond acceptors (Lipinski definition) is 6. The highest BCUT2D eigenvalue weighted by atomic mass is 32.1. The molecule has 2 aromatic heterocycles. The second kappa shape index (κ2) is 13.0. The van der Waals surface area contributed by atoms with E-state index in [1.165, 1.54) is 0 Å². The van der Waals surface area contributed by atoms with E-state index in [0.717, 1.165) is 53.1 Å². The number of thiocarbonyl (C=S) groups is 1. The Balaban J connectivity index is 1.97. The Morgan fingerprint density at radius 1 is 1.22 bits per heavy atom. The van der Waals surface area contributed by atoms with Gasteiger partial charge in [0, 0.05) is 43.8 Å². The summed E-state index contributed by atoms with van der Waals surface area (Å²) in [6, 6.07) is 8.17. The molecule has 1 N–H and O–H groups in total. The summed E-state index contributed by atoms with van der Waals surface area (Å²) < 4.78 is 1.81. The van der Waals surface area contributed by atoms with Crippen LogP contribution in [-0.4, -0.2) is 54.2 Å². The Hall–Kier alpha value is -3.72. The predicted molar refractivity (Wildman–Crippen MR) is 153 cm³/mol. The Labute approximate surface area is 223 Å². The maximum atomic E-state index is 13.6. The number of aryl methyl sites for hydroxylation is 2. The number of tetrazole rings is 1. The fourth-order valence-corrected chi connectivity index (χ4v) is 4.23. The molecule has 0 aliphatic rings. The fraction of sp³-hybridized carbons (Fsp3) is 0.357. The van der Waals surface area contributed by atoms with Gasteiger partial charge in [-0.2, -0.15) is 5.21 Å². The Morgan fingerprint density at radius 3 is 2.51 bits per heavy atom. The second-order valence-electron chi connectivity index (χ2n) is 9.00. The molecule has 194 valence electrons. The van der Waals surface area contributed by atoms with E-state index in [4.69, 9.17) is 17.2 Å². The van der Waals surface area contributed by atoms with Gasteiger partial charge < -0.3 is 4.90 Å². The van der Waals surface area contributed by atoms with E-state index < -0.39 is 0 Å². The monoisotopic (exact) mass is 517 g/mol. The van der Waals surface area contributed by atoms with Crippen LogP contribution in [0.2, 0.25) is 0 Å². The van der Waals surface area contributed by atoms with Crippen molar-refractivity contribution >= 4 is 28.4 Å². The van der Waals surface area contributed by atoms with Crippen molar-refractivity contribution in [3.05, 3.63) is 93.5 Å². The smallest absolute Gasteiger partial charge is 0.257 e. The third kappa shape index (κ3) is 6.74. The average molecular weight is 518 g/mol. The van der Waals surface area contributed by atoms with Crippen LogP contribution in [0.3, 0.4) is 0 Å². The lowest BCUT2D eigenvalue weighted by Crippen LogP contribution is -2.33. The summed E-state index contributed by atoms with van der Waals surface area (Å²) in [5.74, 6) is 1.31. The van der Waals surface area contributed by atoms with E-state index >= 15 is 0 Å². The molecule has 3 aromatic rings. The molecule has 3 rings (SSSR count). The molecule has 0 fully saturated rings. The molecule has 0 saturated heterocycles. The highest BCUT2D eigenvalue weighted by molar-refractivity contribution is 7.80. The molecule has 0 radical (unpaired) electrons. The number of nitrogens with one attached hydrogen (secondary N) is 1. The lowest BCUT2D eigenvalue weighted by atomic mass is 9.95. The molecule has 2 heterocycles. The number of unbranched alkanes of at least 4 members (excludes halogenated alkanes) is 1. The van der Waals surface area contributed by atoms with Crippen LogP contribution in [-0.2, 0) is 19.4 Å². The molecule has 0 saturated carbocycles. The lowest BCUT2D eigenvalue weighted by Gasteiger charge is -2.18. The summed E-state index contributed by atoms with van der Waals surface area (Å²) >= 11 is 5.49. The SMILES string of the molecule is C=C/C=C(\C(=C/C)c1ccc(Cn2c(CCCC)nc(C)c(CC(=S)N(C)C)c2=O)cc1)c1nn[nH]n1. The van der Waals surface area contributed by atoms with E-state index in [1.54, 1.807) is 6.08 Å².